The topological polar surface area (TPSA) is 42.5 Å². The minimum Gasteiger partial charge on any atom is -0.495 e. The molecule has 0 fully saturated rings. The quantitative estimate of drug-likeness (QED) is 0.601. The van der Waals surface area contributed by atoms with E-state index in [2.05, 4.69) is 22.8 Å². The van der Waals surface area contributed by atoms with Gasteiger partial charge in [-0.2, -0.15) is 0 Å². The van der Waals surface area contributed by atoms with Crippen LogP contribution in [0.1, 0.15) is 11.7 Å². The van der Waals surface area contributed by atoms with Crippen LogP contribution in [0.4, 0.5) is 11.4 Å². The third-order valence-corrected chi connectivity index (χ3v) is 3.95. The molecular weight excluding hydrogens is 312 g/mol. The summed E-state index contributed by atoms with van der Waals surface area (Å²) >= 11 is 0. The van der Waals surface area contributed by atoms with Crippen LogP contribution in [0.3, 0.4) is 0 Å². The zero-order valence-electron chi connectivity index (χ0n) is 14.4. The van der Waals surface area contributed by atoms with Gasteiger partial charge in [-0.15, -0.1) is 0 Å². The van der Waals surface area contributed by atoms with Gasteiger partial charge in [0, 0.05) is 0 Å². The summed E-state index contributed by atoms with van der Waals surface area (Å²) in [5.41, 5.74) is 2.95. The number of para-hydroxylation sites is 4. The van der Waals surface area contributed by atoms with E-state index < -0.39 is 0 Å². The van der Waals surface area contributed by atoms with E-state index in [9.17, 15) is 0 Å². The number of anilines is 2. The molecule has 0 saturated carbocycles. The van der Waals surface area contributed by atoms with Gasteiger partial charge in [-0.1, -0.05) is 54.6 Å². The maximum absolute atomic E-state index is 5.46. The molecule has 128 valence electrons. The predicted octanol–water partition coefficient (Wildman–Crippen LogP) is 4.93. The number of ether oxygens (including phenoxy) is 2. The van der Waals surface area contributed by atoms with Crippen molar-refractivity contribution in [2.45, 2.75) is 6.17 Å². The fourth-order valence-electron chi connectivity index (χ4n) is 2.69. The molecule has 3 rings (SSSR count). The highest BCUT2D eigenvalue weighted by Gasteiger charge is 2.15. The minimum atomic E-state index is -0.145. The van der Waals surface area contributed by atoms with Crippen molar-refractivity contribution in [2.75, 3.05) is 24.9 Å². The van der Waals surface area contributed by atoms with Crippen molar-refractivity contribution in [3.63, 3.8) is 0 Å². The van der Waals surface area contributed by atoms with Crippen LogP contribution >= 0.6 is 0 Å². The number of benzene rings is 3. The number of hydrogen-bond donors (Lipinski definition) is 2. The fraction of sp³-hybridized carbons (Fsp3) is 0.143. The molecule has 0 amide bonds. The molecule has 25 heavy (non-hydrogen) atoms. The van der Waals surface area contributed by atoms with E-state index in [1.54, 1.807) is 14.2 Å². The van der Waals surface area contributed by atoms with Gasteiger partial charge in [-0.3, -0.25) is 0 Å². The molecule has 4 nitrogen and oxygen atoms in total. The molecule has 0 aliphatic carbocycles. The van der Waals surface area contributed by atoms with Crippen molar-refractivity contribution in [3.05, 3.63) is 84.4 Å². The van der Waals surface area contributed by atoms with E-state index in [1.807, 2.05) is 66.7 Å². The zero-order chi connectivity index (χ0) is 17.5. The Bertz CT molecular complexity index is 756. The van der Waals surface area contributed by atoms with Crippen molar-refractivity contribution in [1.29, 1.82) is 0 Å². The lowest BCUT2D eigenvalue weighted by molar-refractivity contribution is 0.415. The summed E-state index contributed by atoms with van der Waals surface area (Å²) in [6.45, 7) is 0. The Morgan fingerprint density at radius 1 is 0.600 bits per heavy atom. The van der Waals surface area contributed by atoms with Crippen molar-refractivity contribution in [1.82, 2.24) is 0 Å². The molecule has 3 aromatic carbocycles. The molecule has 0 aliphatic heterocycles. The van der Waals surface area contributed by atoms with E-state index in [4.69, 9.17) is 9.47 Å². The van der Waals surface area contributed by atoms with Gasteiger partial charge in [0.25, 0.3) is 0 Å². The lowest BCUT2D eigenvalue weighted by Crippen LogP contribution is -2.20. The smallest absolute Gasteiger partial charge is 0.142 e. The molecule has 0 heterocycles. The molecule has 2 N–H and O–H groups in total. The Morgan fingerprint density at radius 3 is 1.52 bits per heavy atom. The Morgan fingerprint density at radius 2 is 1.04 bits per heavy atom. The monoisotopic (exact) mass is 334 g/mol. The van der Waals surface area contributed by atoms with Gasteiger partial charge >= 0.3 is 0 Å². The lowest BCUT2D eigenvalue weighted by Gasteiger charge is -2.25. The summed E-state index contributed by atoms with van der Waals surface area (Å²) in [6, 6.07) is 26.0. The average molecular weight is 334 g/mol. The highest BCUT2D eigenvalue weighted by molar-refractivity contribution is 5.62. The molecule has 0 unspecified atom stereocenters. The summed E-state index contributed by atoms with van der Waals surface area (Å²) in [5.74, 6) is 1.59. The van der Waals surface area contributed by atoms with Gasteiger partial charge in [0.1, 0.15) is 17.7 Å². The lowest BCUT2D eigenvalue weighted by atomic mass is 10.1. The summed E-state index contributed by atoms with van der Waals surface area (Å²) in [4.78, 5) is 0. The standard InChI is InChI=1S/C21H22N2O2/c1-24-19-14-8-6-12-17(19)22-21(16-10-4-3-5-11-16)23-18-13-7-9-15-20(18)25-2/h3-15,21-23H,1-2H3. The van der Waals surface area contributed by atoms with Crippen LogP contribution in [0.15, 0.2) is 78.9 Å². The van der Waals surface area contributed by atoms with Crippen molar-refractivity contribution >= 4 is 11.4 Å². The normalized spacial score (nSPS) is 10.4. The average Bonchev–Trinajstić information content (AvgIpc) is 2.69. The first-order valence-electron chi connectivity index (χ1n) is 8.16. The number of nitrogens with one attached hydrogen (secondary N) is 2. The van der Waals surface area contributed by atoms with E-state index in [1.165, 1.54) is 0 Å². The predicted molar refractivity (Wildman–Crippen MR) is 102 cm³/mol. The van der Waals surface area contributed by atoms with Crippen molar-refractivity contribution in [3.8, 4) is 11.5 Å². The summed E-state index contributed by atoms with van der Waals surface area (Å²) in [5, 5.41) is 7.05. The third kappa shape index (κ3) is 4.04. The molecular formula is C21H22N2O2. The van der Waals surface area contributed by atoms with Gasteiger partial charge in [0.2, 0.25) is 0 Å². The van der Waals surface area contributed by atoms with Crippen LogP contribution in [0.2, 0.25) is 0 Å². The second-order valence-electron chi connectivity index (χ2n) is 5.53. The van der Waals surface area contributed by atoms with E-state index >= 15 is 0 Å². The van der Waals surface area contributed by atoms with Crippen LogP contribution in [-0.4, -0.2) is 14.2 Å². The second-order valence-corrected chi connectivity index (χ2v) is 5.53. The van der Waals surface area contributed by atoms with Gasteiger partial charge < -0.3 is 20.1 Å². The van der Waals surface area contributed by atoms with Crippen molar-refractivity contribution < 1.29 is 9.47 Å². The zero-order valence-corrected chi connectivity index (χ0v) is 14.4. The van der Waals surface area contributed by atoms with E-state index in [0.717, 1.165) is 28.4 Å². The maximum Gasteiger partial charge on any atom is 0.142 e. The Labute approximate surface area is 148 Å². The Balaban J connectivity index is 1.93. The summed E-state index contributed by atoms with van der Waals surface area (Å²) < 4.78 is 10.9. The number of rotatable bonds is 7. The first-order valence-corrected chi connectivity index (χ1v) is 8.16. The molecule has 0 aliphatic rings. The van der Waals surface area contributed by atoms with Gasteiger partial charge in [0.05, 0.1) is 25.6 Å². The molecule has 0 aromatic heterocycles. The Hall–Kier alpha value is -3.14. The molecule has 4 heteroatoms. The molecule has 0 saturated heterocycles. The molecule has 3 aromatic rings. The van der Waals surface area contributed by atoms with E-state index in [0.29, 0.717) is 0 Å². The van der Waals surface area contributed by atoms with Crippen LogP contribution < -0.4 is 20.1 Å². The first-order chi connectivity index (χ1) is 12.3. The minimum absolute atomic E-state index is 0.145. The van der Waals surface area contributed by atoms with Gasteiger partial charge in [-0.05, 0) is 29.8 Å². The highest BCUT2D eigenvalue weighted by atomic mass is 16.5. The third-order valence-electron chi connectivity index (χ3n) is 3.95. The molecule has 0 spiro atoms. The van der Waals surface area contributed by atoms with E-state index in [-0.39, 0.29) is 6.17 Å². The molecule has 0 atom stereocenters. The van der Waals surface area contributed by atoms with Crippen LogP contribution in [0.25, 0.3) is 0 Å². The van der Waals surface area contributed by atoms with Crippen LogP contribution in [0.5, 0.6) is 11.5 Å². The molecule has 0 bridgehead atoms. The summed E-state index contributed by atoms with van der Waals surface area (Å²) in [6.07, 6.45) is -0.145. The van der Waals surface area contributed by atoms with Gasteiger partial charge in [0.15, 0.2) is 0 Å². The summed E-state index contributed by atoms with van der Waals surface area (Å²) in [7, 11) is 3.34. The largest absolute Gasteiger partial charge is 0.495 e. The fourth-order valence-corrected chi connectivity index (χ4v) is 2.69. The maximum atomic E-state index is 5.46. The second kappa shape index (κ2) is 8.11. The highest BCUT2D eigenvalue weighted by Crippen LogP contribution is 2.31. The van der Waals surface area contributed by atoms with Crippen LogP contribution in [-0.2, 0) is 0 Å². The molecule has 0 radical (unpaired) electrons. The van der Waals surface area contributed by atoms with Crippen molar-refractivity contribution in [2.24, 2.45) is 0 Å². The first kappa shape index (κ1) is 16.7. The van der Waals surface area contributed by atoms with Gasteiger partial charge in [-0.25, -0.2) is 0 Å². The number of hydrogen-bond acceptors (Lipinski definition) is 4. The van der Waals surface area contributed by atoms with Crippen LogP contribution in [0, 0.1) is 0 Å². The SMILES string of the molecule is COc1ccccc1NC(Nc1ccccc1OC)c1ccccc1. The number of methoxy groups -OCH3 is 2. The Kier molecular flexibility index (Phi) is 5.42.